The Morgan fingerprint density at radius 1 is 1.16 bits per heavy atom. The van der Waals surface area contributed by atoms with Gasteiger partial charge in [-0.05, 0) is 18.2 Å². The number of halogens is 2. The van der Waals surface area contributed by atoms with Crippen LogP contribution in [0.3, 0.4) is 0 Å². The zero-order valence-electron chi connectivity index (χ0n) is 12.8. The van der Waals surface area contributed by atoms with E-state index in [9.17, 15) is 12.8 Å². The van der Waals surface area contributed by atoms with Gasteiger partial charge in [0, 0.05) is 15.6 Å². The van der Waals surface area contributed by atoms with Crippen molar-refractivity contribution in [1.82, 2.24) is 14.9 Å². The van der Waals surface area contributed by atoms with E-state index in [0.717, 1.165) is 10.0 Å². The molecule has 0 aliphatic heterocycles. The van der Waals surface area contributed by atoms with Crippen LogP contribution in [0.25, 0.3) is 11.4 Å². The Hall–Kier alpha value is -2.10. The Balaban J connectivity index is 1.66. The zero-order valence-corrected chi connectivity index (χ0v) is 15.2. The quantitative estimate of drug-likeness (QED) is 0.654. The Kier molecular flexibility index (Phi) is 5.26. The summed E-state index contributed by atoms with van der Waals surface area (Å²) < 4.78 is 46.0. The monoisotopic (exact) mass is 425 g/mol. The predicted molar refractivity (Wildman–Crippen MR) is 93.3 cm³/mol. The van der Waals surface area contributed by atoms with Gasteiger partial charge in [0.05, 0.1) is 12.3 Å². The molecule has 0 spiro atoms. The summed E-state index contributed by atoms with van der Waals surface area (Å²) >= 11 is 3.35. The van der Waals surface area contributed by atoms with E-state index in [4.69, 9.17) is 4.52 Å². The summed E-state index contributed by atoms with van der Waals surface area (Å²) in [7, 11) is -3.74. The first-order valence-corrected chi connectivity index (χ1v) is 9.67. The average Bonchev–Trinajstić information content (AvgIpc) is 3.04. The van der Waals surface area contributed by atoms with Crippen LogP contribution < -0.4 is 4.72 Å². The second kappa shape index (κ2) is 7.42. The van der Waals surface area contributed by atoms with Crippen LogP contribution in [0.15, 0.2) is 57.5 Å². The molecule has 3 rings (SSSR count). The van der Waals surface area contributed by atoms with Gasteiger partial charge in [-0.2, -0.15) is 4.98 Å². The molecule has 0 unspecified atom stereocenters. The van der Waals surface area contributed by atoms with Crippen molar-refractivity contribution in [2.45, 2.75) is 12.3 Å². The van der Waals surface area contributed by atoms with Crippen molar-refractivity contribution in [3.63, 3.8) is 0 Å². The summed E-state index contributed by atoms with van der Waals surface area (Å²) in [5.41, 5.74) is 0.828. The standard InChI is InChI=1S/C16H13BrFN3O3S/c17-13-6-3-5-11(8-13)16-20-15(24-21-16)9-19-25(22,23)10-12-4-1-2-7-14(12)18/h1-8,19H,9-10H2. The second-order valence-electron chi connectivity index (χ2n) is 5.19. The van der Waals surface area contributed by atoms with E-state index in [0.29, 0.717) is 5.82 Å². The smallest absolute Gasteiger partial charge is 0.242 e. The highest BCUT2D eigenvalue weighted by atomic mass is 79.9. The minimum absolute atomic E-state index is 0.0929. The van der Waals surface area contributed by atoms with E-state index in [1.54, 1.807) is 6.07 Å². The summed E-state index contributed by atoms with van der Waals surface area (Å²) in [5, 5.41) is 3.82. The summed E-state index contributed by atoms with van der Waals surface area (Å²) in [6, 6.07) is 13.0. The van der Waals surface area contributed by atoms with Crippen molar-refractivity contribution in [3.8, 4) is 11.4 Å². The first kappa shape index (κ1) is 17.7. The molecule has 0 bridgehead atoms. The zero-order chi connectivity index (χ0) is 17.9. The molecule has 0 atom stereocenters. The Labute approximate surface area is 152 Å². The van der Waals surface area contributed by atoms with E-state index in [2.05, 4.69) is 30.8 Å². The number of aromatic nitrogens is 2. The van der Waals surface area contributed by atoms with Crippen LogP contribution in [0.1, 0.15) is 11.5 Å². The van der Waals surface area contributed by atoms with Gasteiger partial charge in [-0.1, -0.05) is 51.4 Å². The van der Waals surface area contributed by atoms with E-state index < -0.39 is 21.6 Å². The lowest BCUT2D eigenvalue weighted by Gasteiger charge is -2.05. The van der Waals surface area contributed by atoms with Crippen LogP contribution in [0.5, 0.6) is 0 Å². The molecule has 0 amide bonds. The first-order valence-electron chi connectivity index (χ1n) is 7.22. The van der Waals surface area contributed by atoms with Crippen molar-refractivity contribution in [3.05, 3.63) is 70.3 Å². The maximum absolute atomic E-state index is 13.6. The van der Waals surface area contributed by atoms with E-state index in [1.165, 1.54) is 18.2 Å². The van der Waals surface area contributed by atoms with Gasteiger partial charge < -0.3 is 4.52 Å². The van der Waals surface area contributed by atoms with Gasteiger partial charge in [0.25, 0.3) is 0 Å². The highest BCUT2D eigenvalue weighted by Crippen LogP contribution is 2.20. The predicted octanol–water partition coefficient (Wildman–Crippen LogP) is 3.26. The third-order valence-corrected chi connectivity index (χ3v) is 5.07. The maximum Gasteiger partial charge on any atom is 0.242 e. The van der Waals surface area contributed by atoms with Crippen LogP contribution in [0.4, 0.5) is 4.39 Å². The third-order valence-electron chi connectivity index (χ3n) is 3.30. The summed E-state index contributed by atoms with van der Waals surface area (Å²) in [5.74, 6) is -0.564. The van der Waals surface area contributed by atoms with Crippen LogP contribution in [0, 0.1) is 5.82 Å². The number of benzene rings is 2. The first-order chi connectivity index (χ1) is 11.9. The number of nitrogens with one attached hydrogen (secondary N) is 1. The Bertz CT molecular complexity index is 992. The van der Waals surface area contributed by atoms with Gasteiger partial charge in [0.15, 0.2) is 0 Å². The number of nitrogens with zero attached hydrogens (tertiary/aromatic N) is 2. The van der Waals surface area contributed by atoms with Gasteiger partial charge in [0.1, 0.15) is 5.82 Å². The molecule has 6 nitrogen and oxygen atoms in total. The Morgan fingerprint density at radius 2 is 1.96 bits per heavy atom. The van der Waals surface area contributed by atoms with Gasteiger partial charge in [-0.25, -0.2) is 17.5 Å². The molecule has 9 heteroatoms. The minimum Gasteiger partial charge on any atom is -0.338 e. The summed E-state index contributed by atoms with van der Waals surface area (Å²) in [4.78, 5) is 4.15. The molecule has 0 aliphatic carbocycles. The van der Waals surface area contributed by atoms with Crippen molar-refractivity contribution in [2.24, 2.45) is 0 Å². The topological polar surface area (TPSA) is 85.1 Å². The Morgan fingerprint density at radius 3 is 2.72 bits per heavy atom. The summed E-state index contributed by atoms with van der Waals surface area (Å²) in [6.45, 7) is -0.169. The van der Waals surface area contributed by atoms with E-state index >= 15 is 0 Å². The number of rotatable bonds is 6. The molecule has 0 saturated heterocycles. The molecule has 0 fully saturated rings. The molecular formula is C16H13BrFN3O3S. The van der Waals surface area contributed by atoms with Gasteiger partial charge in [-0.3, -0.25) is 0 Å². The molecule has 1 N–H and O–H groups in total. The van der Waals surface area contributed by atoms with Gasteiger partial charge >= 0.3 is 0 Å². The molecule has 0 radical (unpaired) electrons. The van der Waals surface area contributed by atoms with Crippen LogP contribution in [0.2, 0.25) is 0 Å². The van der Waals surface area contributed by atoms with Crippen LogP contribution in [-0.2, 0) is 22.3 Å². The largest absolute Gasteiger partial charge is 0.338 e. The molecule has 130 valence electrons. The summed E-state index contributed by atoms with van der Waals surface area (Å²) in [6.07, 6.45) is 0. The average molecular weight is 426 g/mol. The molecule has 3 aromatic rings. The van der Waals surface area contributed by atoms with Crippen LogP contribution in [-0.4, -0.2) is 18.6 Å². The van der Waals surface area contributed by atoms with E-state index in [-0.39, 0.29) is 18.0 Å². The lowest BCUT2D eigenvalue weighted by atomic mass is 10.2. The minimum atomic E-state index is -3.74. The third kappa shape index (κ3) is 4.71. The van der Waals surface area contributed by atoms with Crippen molar-refractivity contribution < 1.29 is 17.3 Å². The van der Waals surface area contributed by atoms with Crippen molar-refractivity contribution in [2.75, 3.05) is 0 Å². The van der Waals surface area contributed by atoms with Gasteiger partial charge in [-0.15, -0.1) is 0 Å². The highest BCUT2D eigenvalue weighted by Gasteiger charge is 2.16. The molecule has 2 aromatic carbocycles. The number of hydrogen-bond donors (Lipinski definition) is 1. The highest BCUT2D eigenvalue weighted by molar-refractivity contribution is 9.10. The number of hydrogen-bond acceptors (Lipinski definition) is 5. The molecule has 0 aliphatic rings. The van der Waals surface area contributed by atoms with E-state index in [1.807, 2.05) is 24.3 Å². The lowest BCUT2D eigenvalue weighted by molar-refractivity contribution is 0.376. The SMILES string of the molecule is O=S(=O)(Cc1ccccc1F)NCc1nc(-c2cccc(Br)c2)no1. The fourth-order valence-corrected chi connectivity index (χ4v) is 3.60. The number of sulfonamides is 1. The van der Waals surface area contributed by atoms with Gasteiger partial charge in [0.2, 0.25) is 21.7 Å². The normalized spacial score (nSPS) is 11.6. The second-order valence-corrected chi connectivity index (χ2v) is 7.92. The molecule has 1 heterocycles. The van der Waals surface area contributed by atoms with Crippen molar-refractivity contribution >= 4 is 26.0 Å². The maximum atomic E-state index is 13.6. The van der Waals surface area contributed by atoms with Crippen LogP contribution >= 0.6 is 15.9 Å². The fourth-order valence-electron chi connectivity index (χ4n) is 2.11. The fraction of sp³-hybridized carbons (Fsp3) is 0.125. The molecule has 25 heavy (non-hydrogen) atoms. The van der Waals surface area contributed by atoms with Crippen molar-refractivity contribution in [1.29, 1.82) is 0 Å². The lowest BCUT2D eigenvalue weighted by Crippen LogP contribution is -2.25. The molecular weight excluding hydrogens is 413 g/mol. The molecule has 0 saturated carbocycles. The molecule has 1 aromatic heterocycles.